The number of nitrogens with zero attached hydrogens (tertiary/aromatic N) is 2. The zero-order chi connectivity index (χ0) is 19.9. The number of thiazole rings is 1. The van der Waals surface area contributed by atoms with Gasteiger partial charge >= 0.3 is 5.97 Å². The number of aromatic nitrogens is 1. The molecule has 28 heavy (non-hydrogen) atoms. The lowest BCUT2D eigenvalue weighted by atomic mass is 10.2. The molecule has 0 aliphatic rings. The predicted molar refractivity (Wildman–Crippen MR) is 115 cm³/mol. The number of carbonyl (C=O) groups excluding carboxylic acids is 1. The fourth-order valence-corrected chi connectivity index (χ4v) is 3.59. The van der Waals surface area contributed by atoms with E-state index in [1.54, 1.807) is 37.4 Å². The van der Waals surface area contributed by atoms with Crippen LogP contribution < -0.4 is 5.32 Å². The minimum atomic E-state index is -0.356. The fourth-order valence-electron chi connectivity index (χ4n) is 2.39. The van der Waals surface area contributed by atoms with Crippen molar-refractivity contribution in [3.63, 3.8) is 0 Å². The van der Waals surface area contributed by atoms with Gasteiger partial charge in [0.2, 0.25) is 0 Å². The van der Waals surface area contributed by atoms with Crippen molar-refractivity contribution in [2.45, 2.75) is 6.92 Å². The van der Waals surface area contributed by atoms with Crippen LogP contribution in [-0.4, -0.2) is 17.6 Å². The number of nitrogens with one attached hydrogen (secondary N) is 1. The molecule has 0 fully saturated rings. The number of carbonyl (C=O) groups is 1. The zero-order valence-electron chi connectivity index (χ0n) is 15.0. The topological polar surface area (TPSA) is 75.0 Å². The highest BCUT2D eigenvalue weighted by molar-refractivity contribution is 9.10. The van der Waals surface area contributed by atoms with Crippen LogP contribution >= 0.6 is 27.3 Å². The van der Waals surface area contributed by atoms with Gasteiger partial charge in [0, 0.05) is 27.3 Å². The molecule has 140 valence electrons. The second-order valence-corrected chi connectivity index (χ2v) is 7.43. The molecular weight excluding hydrogens is 438 g/mol. The number of benzene rings is 2. The first-order valence-corrected chi connectivity index (χ1v) is 10.1. The van der Waals surface area contributed by atoms with Gasteiger partial charge in [-0.3, -0.25) is 0 Å². The molecule has 5 nitrogen and oxygen atoms in total. The second kappa shape index (κ2) is 9.31. The van der Waals surface area contributed by atoms with Crippen LogP contribution in [0.3, 0.4) is 0 Å². The van der Waals surface area contributed by atoms with E-state index in [4.69, 9.17) is 4.74 Å². The van der Waals surface area contributed by atoms with Crippen LogP contribution in [0.4, 0.5) is 5.69 Å². The van der Waals surface area contributed by atoms with E-state index in [0.717, 1.165) is 21.4 Å². The van der Waals surface area contributed by atoms with Gasteiger partial charge in [-0.25, -0.2) is 9.78 Å². The van der Waals surface area contributed by atoms with Crippen molar-refractivity contribution in [1.82, 2.24) is 4.98 Å². The third kappa shape index (κ3) is 4.85. The van der Waals surface area contributed by atoms with Crippen molar-refractivity contribution in [1.29, 1.82) is 5.26 Å². The second-order valence-electron chi connectivity index (χ2n) is 5.66. The highest BCUT2D eigenvalue weighted by Crippen LogP contribution is 2.27. The summed E-state index contributed by atoms with van der Waals surface area (Å²) >= 11 is 4.87. The van der Waals surface area contributed by atoms with E-state index in [9.17, 15) is 10.1 Å². The number of hydrogen-bond donors (Lipinski definition) is 1. The molecule has 0 saturated heterocycles. The maximum atomic E-state index is 11.7. The molecule has 7 heteroatoms. The summed E-state index contributed by atoms with van der Waals surface area (Å²) in [4.78, 5) is 16.3. The number of anilines is 1. The van der Waals surface area contributed by atoms with Gasteiger partial charge in [-0.1, -0.05) is 28.1 Å². The third-order valence-electron chi connectivity index (χ3n) is 3.75. The molecule has 0 atom stereocenters. The highest BCUT2D eigenvalue weighted by Gasteiger charge is 2.10. The molecule has 0 aliphatic carbocycles. The van der Waals surface area contributed by atoms with Crippen molar-refractivity contribution in [3.05, 3.63) is 75.2 Å². The maximum Gasteiger partial charge on any atom is 0.338 e. The number of esters is 1. The molecule has 0 amide bonds. The normalized spacial score (nSPS) is 11.0. The van der Waals surface area contributed by atoms with E-state index >= 15 is 0 Å². The van der Waals surface area contributed by atoms with Crippen molar-refractivity contribution in [3.8, 4) is 17.3 Å². The quantitative estimate of drug-likeness (QED) is 0.381. The minimum absolute atomic E-state index is 0.336. The van der Waals surface area contributed by atoms with Crippen molar-refractivity contribution < 1.29 is 9.53 Å². The van der Waals surface area contributed by atoms with E-state index in [2.05, 4.69) is 32.3 Å². The van der Waals surface area contributed by atoms with E-state index in [0.29, 0.717) is 22.8 Å². The molecule has 0 unspecified atom stereocenters. The van der Waals surface area contributed by atoms with Crippen LogP contribution in [-0.2, 0) is 4.74 Å². The van der Waals surface area contributed by atoms with Crippen LogP contribution in [0.5, 0.6) is 0 Å². The highest BCUT2D eigenvalue weighted by atomic mass is 79.9. The van der Waals surface area contributed by atoms with Gasteiger partial charge in [0.15, 0.2) is 0 Å². The Kier molecular flexibility index (Phi) is 6.58. The summed E-state index contributed by atoms with van der Waals surface area (Å²) < 4.78 is 5.94. The lowest BCUT2D eigenvalue weighted by molar-refractivity contribution is 0.0526. The SMILES string of the molecule is CCOC(=O)c1ccc(NC=C(C#N)c2nc(-c3cccc(Br)c3)cs2)cc1. The molecule has 1 N–H and O–H groups in total. The van der Waals surface area contributed by atoms with Crippen molar-refractivity contribution >= 4 is 44.5 Å². The number of rotatable bonds is 6. The molecule has 0 bridgehead atoms. The largest absolute Gasteiger partial charge is 0.462 e. The Morgan fingerprint density at radius 3 is 2.79 bits per heavy atom. The average Bonchev–Trinajstić information content (AvgIpc) is 3.19. The summed E-state index contributed by atoms with van der Waals surface area (Å²) in [5, 5.41) is 15.1. The maximum absolute atomic E-state index is 11.7. The molecule has 0 aliphatic heterocycles. The Labute approximate surface area is 175 Å². The summed E-state index contributed by atoms with van der Waals surface area (Å²) in [6, 6.07) is 16.9. The molecule has 0 spiro atoms. The van der Waals surface area contributed by atoms with Gasteiger partial charge in [-0.15, -0.1) is 11.3 Å². The van der Waals surface area contributed by atoms with Gasteiger partial charge < -0.3 is 10.1 Å². The van der Waals surface area contributed by atoms with Gasteiger partial charge in [0.25, 0.3) is 0 Å². The number of ether oxygens (including phenoxy) is 1. The third-order valence-corrected chi connectivity index (χ3v) is 5.12. The van der Waals surface area contributed by atoms with E-state index < -0.39 is 0 Å². The zero-order valence-corrected chi connectivity index (χ0v) is 17.4. The number of nitriles is 1. The number of hydrogen-bond acceptors (Lipinski definition) is 6. The molecular formula is C21H16BrN3O2S. The molecule has 1 heterocycles. The predicted octanol–water partition coefficient (Wildman–Crippen LogP) is 5.73. The Balaban J connectivity index is 1.74. The van der Waals surface area contributed by atoms with E-state index in [1.807, 2.05) is 29.6 Å². The molecule has 0 saturated carbocycles. The van der Waals surface area contributed by atoms with Crippen LogP contribution in [0.2, 0.25) is 0 Å². The summed E-state index contributed by atoms with van der Waals surface area (Å²) in [5.41, 5.74) is 3.47. The van der Waals surface area contributed by atoms with Gasteiger partial charge in [-0.2, -0.15) is 5.26 Å². The Morgan fingerprint density at radius 1 is 1.32 bits per heavy atom. The molecule has 3 aromatic rings. The fraction of sp³-hybridized carbons (Fsp3) is 0.0952. The Morgan fingerprint density at radius 2 is 2.11 bits per heavy atom. The first-order chi connectivity index (χ1) is 13.6. The van der Waals surface area contributed by atoms with E-state index in [1.165, 1.54) is 11.3 Å². The Bertz CT molecular complexity index is 1050. The molecule has 1 aromatic heterocycles. The van der Waals surface area contributed by atoms with Gasteiger partial charge in [0.05, 0.1) is 17.9 Å². The number of halogens is 1. The summed E-state index contributed by atoms with van der Waals surface area (Å²) in [7, 11) is 0. The van der Waals surface area contributed by atoms with Crippen LogP contribution in [0.15, 0.2) is 64.6 Å². The van der Waals surface area contributed by atoms with Crippen LogP contribution in [0, 0.1) is 11.3 Å². The monoisotopic (exact) mass is 453 g/mol. The lowest BCUT2D eigenvalue weighted by Crippen LogP contribution is -2.04. The van der Waals surface area contributed by atoms with Crippen molar-refractivity contribution in [2.75, 3.05) is 11.9 Å². The van der Waals surface area contributed by atoms with E-state index in [-0.39, 0.29) is 5.97 Å². The molecule has 0 radical (unpaired) electrons. The molecule has 3 rings (SSSR count). The standard InChI is InChI=1S/C21H16BrN3O2S/c1-2-27-21(26)14-6-8-18(9-7-14)24-12-16(11-23)20-25-19(13-28-20)15-4-3-5-17(22)10-15/h3-10,12-13,24H,2H2,1H3. The van der Waals surface area contributed by atoms with Crippen LogP contribution in [0.1, 0.15) is 22.3 Å². The minimum Gasteiger partial charge on any atom is -0.462 e. The molecule has 2 aromatic carbocycles. The van der Waals surface area contributed by atoms with Gasteiger partial charge in [-0.05, 0) is 43.3 Å². The summed E-state index contributed by atoms with van der Waals surface area (Å²) in [6.45, 7) is 2.10. The lowest BCUT2D eigenvalue weighted by Gasteiger charge is -2.04. The van der Waals surface area contributed by atoms with Crippen LogP contribution in [0.25, 0.3) is 16.8 Å². The summed E-state index contributed by atoms with van der Waals surface area (Å²) in [6.07, 6.45) is 1.61. The number of allylic oxidation sites excluding steroid dienone is 1. The van der Waals surface area contributed by atoms with Crippen molar-refractivity contribution in [2.24, 2.45) is 0 Å². The smallest absolute Gasteiger partial charge is 0.338 e. The average molecular weight is 454 g/mol. The first kappa shape index (κ1) is 19.8. The first-order valence-electron chi connectivity index (χ1n) is 8.46. The summed E-state index contributed by atoms with van der Waals surface area (Å²) in [5.74, 6) is -0.356. The van der Waals surface area contributed by atoms with Gasteiger partial charge in [0.1, 0.15) is 16.6 Å². The Hall–Kier alpha value is -2.95.